The topological polar surface area (TPSA) is 144 Å². The van der Waals surface area contributed by atoms with E-state index in [1.165, 1.54) is 4.68 Å². The van der Waals surface area contributed by atoms with Gasteiger partial charge in [-0.2, -0.15) is 10.1 Å². The number of sulfonamides is 1. The zero-order valence-corrected chi connectivity index (χ0v) is 21.1. The van der Waals surface area contributed by atoms with Gasteiger partial charge < -0.3 is 15.0 Å². The van der Waals surface area contributed by atoms with E-state index in [0.29, 0.717) is 18.9 Å². The average Bonchev–Trinajstić information content (AvgIpc) is 3.15. The lowest BCUT2D eigenvalue weighted by Crippen LogP contribution is -2.30. The van der Waals surface area contributed by atoms with Crippen molar-refractivity contribution >= 4 is 44.5 Å². The molecule has 0 atom stereocenters. The zero-order valence-electron chi connectivity index (χ0n) is 20.3. The van der Waals surface area contributed by atoms with Gasteiger partial charge in [0.25, 0.3) is 12.3 Å². The van der Waals surface area contributed by atoms with Crippen LogP contribution in [0.15, 0.2) is 18.3 Å². The molecule has 1 amide bonds. The predicted octanol–water partition coefficient (Wildman–Crippen LogP) is 2.09. The number of anilines is 3. The summed E-state index contributed by atoms with van der Waals surface area (Å²) in [6.07, 6.45) is -0.184. The lowest BCUT2D eigenvalue weighted by Gasteiger charge is -2.20. The highest BCUT2D eigenvalue weighted by Crippen LogP contribution is 2.29. The number of aromatic nitrogens is 5. The van der Waals surface area contributed by atoms with E-state index >= 15 is 0 Å². The number of amides is 1. The third-order valence-corrected chi connectivity index (χ3v) is 5.52. The fourth-order valence-corrected chi connectivity index (χ4v) is 3.82. The first-order chi connectivity index (χ1) is 17.0. The Balaban J connectivity index is 2.20. The number of aryl methyl sites for hydroxylation is 1. The molecule has 0 aliphatic rings. The normalized spacial score (nSPS) is 11.8. The average molecular weight is 527 g/mol. The summed E-state index contributed by atoms with van der Waals surface area (Å²) in [5.41, 5.74) is 1.01. The first kappa shape index (κ1) is 27.1. The largest absolute Gasteiger partial charge is 0.374 e. The molecule has 0 saturated carbocycles. The molecule has 0 unspecified atom stereocenters. The first-order valence-corrected chi connectivity index (χ1v) is 13.0. The summed E-state index contributed by atoms with van der Waals surface area (Å²) < 4.78 is 56.7. The Hall–Kier alpha value is -3.46. The molecule has 0 saturated heterocycles. The van der Waals surface area contributed by atoms with Crippen LogP contribution in [0.25, 0.3) is 11.0 Å². The molecule has 3 rings (SSSR count). The Morgan fingerprint density at radius 3 is 2.58 bits per heavy atom. The van der Waals surface area contributed by atoms with Crippen molar-refractivity contribution in [2.45, 2.75) is 33.7 Å². The predicted molar refractivity (Wildman–Crippen MR) is 130 cm³/mol. The summed E-state index contributed by atoms with van der Waals surface area (Å²) in [4.78, 5) is 28.1. The quantitative estimate of drug-likeness (QED) is 0.337. The van der Waals surface area contributed by atoms with E-state index in [-0.39, 0.29) is 41.6 Å². The fourth-order valence-electron chi connectivity index (χ4n) is 3.39. The standard InChI is InChI=1S/C21H28F2N8O4S/c1-5-30(6-2)21-26-16-17(20(32)29-36(4,33)34)28-31(9-10-35-12-14(22)23)18(16)19(27-21)25-15-11-13(3)7-8-24-15/h7-8,11,14H,5-6,9-10,12H2,1-4H3,(H,29,32)(H,24,25,26,27). The van der Waals surface area contributed by atoms with Crippen LogP contribution in [0, 0.1) is 6.92 Å². The van der Waals surface area contributed by atoms with Gasteiger partial charge in [0.15, 0.2) is 11.5 Å². The van der Waals surface area contributed by atoms with Crippen LogP contribution in [-0.4, -0.2) is 78.0 Å². The summed E-state index contributed by atoms with van der Waals surface area (Å²) >= 11 is 0. The van der Waals surface area contributed by atoms with Crippen LogP contribution in [0.3, 0.4) is 0 Å². The minimum atomic E-state index is -3.90. The Bertz CT molecular complexity index is 1330. The Morgan fingerprint density at radius 2 is 1.97 bits per heavy atom. The smallest absolute Gasteiger partial charge is 0.287 e. The summed E-state index contributed by atoms with van der Waals surface area (Å²) in [5.74, 6) is 0.00670. The number of halogens is 2. The number of alkyl halides is 2. The number of fused-ring (bicyclic) bond motifs is 1. The number of hydrogen-bond acceptors (Lipinski definition) is 10. The number of nitrogens with zero attached hydrogens (tertiary/aromatic N) is 6. The van der Waals surface area contributed by atoms with Crippen LogP contribution in [0.1, 0.15) is 29.9 Å². The van der Waals surface area contributed by atoms with Gasteiger partial charge in [0.1, 0.15) is 23.5 Å². The summed E-state index contributed by atoms with van der Waals surface area (Å²) in [7, 11) is -3.90. The Labute approximate surface area is 207 Å². The van der Waals surface area contributed by atoms with Crippen molar-refractivity contribution < 1.29 is 26.7 Å². The molecule has 15 heteroatoms. The molecule has 0 aliphatic carbocycles. The molecular formula is C21H28F2N8O4S. The molecule has 3 aromatic heterocycles. The van der Waals surface area contributed by atoms with Crippen LogP contribution < -0.4 is 14.9 Å². The Kier molecular flexibility index (Phi) is 8.68. The van der Waals surface area contributed by atoms with Gasteiger partial charge in [-0.1, -0.05) is 0 Å². The van der Waals surface area contributed by atoms with Gasteiger partial charge in [0, 0.05) is 19.3 Å². The van der Waals surface area contributed by atoms with Gasteiger partial charge in [-0.05, 0) is 38.5 Å². The number of carbonyl (C=O) groups excluding carboxylic acids is 1. The molecule has 3 heterocycles. The van der Waals surface area contributed by atoms with Gasteiger partial charge >= 0.3 is 0 Å². The van der Waals surface area contributed by atoms with E-state index in [1.807, 2.05) is 36.5 Å². The molecule has 12 nitrogen and oxygen atoms in total. The molecule has 36 heavy (non-hydrogen) atoms. The zero-order chi connectivity index (χ0) is 26.5. The molecule has 3 aromatic rings. The van der Waals surface area contributed by atoms with E-state index in [4.69, 9.17) is 4.74 Å². The van der Waals surface area contributed by atoms with Crippen molar-refractivity contribution in [2.24, 2.45) is 0 Å². The molecule has 0 aromatic carbocycles. The lowest BCUT2D eigenvalue weighted by molar-refractivity contribution is 0.0143. The number of pyridine rings is 1. The van der Waals surface area contributed by atoms with E-state index in [2.05, 4.69) is 25.4 Å². The van der Waals surface area contributed by atoms with Crippen molar-refractivity contribution in [2.75, 3.05) is 42.8 Å². The van der Waals surface area contributed by atoms with Crippen LogP contribution in [0.5, 0.6) is 0 Å². The molecule has 2 N–H and O–H groups in total. The van der Waals surface area contributed by atoms with Gasteiger partial charge in [0.2, 0.25) is 16.0 Å². The van der Waals surface area contributed by atoms with E-state index < -0.39 is 29.0 Å². The SMILES string of the molecule is CCN(CC)c1nc(Nc2cc(C)ccn2)c2c(n1)c(C(=O)NS(C)(=O)=O)nn2CCOCC(F)F. The molecule has 0 aliphatic heterocycles. The van der Waals surface area contributed by atoms with Crippen LogP contribution in [0.2, 0.25) is 0 Å². The molecule has 196 valence electrons. The number of ether oxygens (including phenoxy) is 1. The molecule has 0 radical (unpaired) electrons. The van der Waals surface area contributed by atoms with Crippen molar-refractivity contribution in [3.63, 3.8) is 0 Å². The van der Waals surface area contributed by atoms with E-state index in [9.17, 15) is 22.0 Å². The number of carbonyl (C=O) groups is 1. The van der Waals surface area contributed by atoms with E-state index in [0.717, 1.165) is 11.8 Å². The summed E-state index contributed by atoms with van der Waals surface area (Å²) in [6, 6.07) is 3.61. The first-order valence-electron chi connectivity index (χ1n) is 11.1. The van der Waals surface area contributed by atoms with E-state index in [1.54, 1.807) is 12.3 Å². The van der Waals surface area contributed by atoms with Crippen molar-refractivity contribution in [3.05, 3.63) is 29.6 Å². The number of rotatable bonds is 12. The maximum Gasteiger partial charge on any atom is 0.287 e. The van der Waals surface area contributed by atoms with Crippen molar-refractivity contribution in [1.29, 1.82) is 0 Å². The monoisotopic (exact) mass is 526 g/mol. The van der Waals surface area contributed by atoms with Gasteiger partial charge in [0.05, 0.1) is 19.4 Å². The minimum Gasteiger partial charge on any atom is -0.374 e. The minimum absolute atomic E-state index is 0.0285. The fraction of sp³-hybridized carbons (Fsp3) is 0.476. The molecule has 0 spiro atoms. The van der Waals surface area contributed by atoms with Crippen molar-refractivity contribution in [1.82, 2.24) is 29.5 Å². The number of hydrogen-bond donors (Lipinski definition) is 2. The highest BCUT2D eigenvalue weighted by Gasteiger charge is 2.26. The van der Waals surface area contributed by atoms with Crippen LogP contribution in [-0.2, 0) is 21.3 Å². The number of nitrogens with one attached hydrogen (secondary N) is 2. The third kappa shape index (κ3) is 6.81. The second-order valence-electron chi connectivity index (χ2n) is 7.83. The molecular weight excluding hydrogens is 498 g/mol. The van der Waals surface area contributed by atoms with Gasteiger partial charge in [-0.15, -0.1) is 0 Å². The van der Waals surface area contributed by atoms with Crippen LogP contribution in [0.4, 0.5) is 26.4 Å². The highest BCUT2D eigenvalue weighted by molar-refractivity contribution is 7.89. The molecule has 0 fully saturated rings. The second-order valence-corrected chi connectivity index (χ2v) is 9.57. The maximum atomic E-state index is 12.8. The van der Waals surface area contributed by atoms with Gasteiger partial charge in [-0.3, -0.25) is 9.48 Å². The summed E-state index contributed by atoms with van der Waals surface area (Å²) in [5, 5.41) is 7.37. The highest BCUT2D eigenvalue weighted by atomic mass is 32.2. The lowest BCUT2D eigenvalue weighted by atomic mass is 10.3. The summed E-state index contributed by atoms with van der Waals surface area (Å²) in [6.45, 7) is 5.90. The third-order valence-electron chi connectivity index (χ3n) is 4.97. The van der Waals surface area contributed by atoms with Gasteiger partial charge in [-0.25, -0.2) is 31.9 Å². The molecule has 0 bridgehead atoms. The van der Waals surface area contributed by atoms with Crippen molar-refractivity contribution in [3.8, 4) is 0 Å². The maximum absolute atomic E-state index is 12.8. The Morgan fingerprint density at radius 1 is 1.25 bits per heavy atom. The second kappa shape index (κ2) is 11.5. The van der Waals surface area contributed by atoms with Crippen LogP contribution >= 0.6 is 0 Å².